The van der Waals surface area contributed by atoms with Crippen molar-refractivity contribution in [3.8, 4) is 5.88 Å². The molecule has 4 rings (SSSR count). The van der Waals surface area contributed by atoms with Crippen LogP contribution in [0.5, 0.6) is 5.88 Å². The minimum Gasteiger partial charge on any atom is -0.481 e. The third kappa shape index (κ3) is 3.12. The van der Waals surface area contributed by atoms with E-state index in [-0.39, 0.29) is 5.56 Å². The molecule has 0 unspecified atom stereocenters. The number of aromatic amines is 2. The second kappa shape index (κ2) is 6.49. The predicted molar refractivity (Wildman–Crippen MR) is 100 cm³/mol. The SMILES string of the molecule is COc1ccc2[nH]c(SCc3nc4c(Br)cccc4c(=O)[nH]3)nc2n1. The van der Waals surface area contributed by atoms with Crippen LogP contribution in [-0.2, 0) is 5.75 Å². The van der Waals surface area contributed by atoms with Crippen molar-refractivity contribution in [2.45, 2.75) is 10.9 Å². The number of aromatic nitrogens is 5. The summed E-state index contributed by atoms with van der Waals surface area (Å²) < 4.78 is 5.89. The molecular formula is C16H12BrN5O2S. The van der Waals surface area contributed by atoms with Gasteiger partial charge in [-0.1, -0.05) is 17.8 Å². The molecule has 3 heterocycles. The third-order valence-electron chi connectivity index (χ3n) is 3.59. The molecule has 0 fully saturated rings. The summed E-state index contributed by atoms with van der Waals surface area (Å²) in [5.41, 5.74) is 1.91. The summed E-state index contributed by atoms with van der Waals surface area (Å²) in [5, 5.41) is 1.26. The maximum absolute atomic E-state index is 12.2. The molecule has 0 aliphatic rings. The number of rotatable bonds is 4. The number of hydrogen-bond donors (Lipinski definition) is 2. The van der Waals surface area contributed by atoms with Gasteiger partial charge in [0, 0.05) is 10.5 Å². The fraction of sp³-hybridized carbons (Fsp3) is 0.125. The highest BCUT2D eigenvalue weighted by atomic mass is 79.9. The Kier molecular flexibility index (Phi) is 4.18. The monoisotopic (exact) mass is 417 g/mol. The molecule has 126 valence electrons. The van der Waals surface area contributed by atoms with Crippen LogP contribution >= 0.6 is 27.7 Å². The molecule has 0 atom stereocenters. The van der Waals surface area contributed by atoms with Gasteiger partial charge in [0.1, 0.15) is 5.82 Å². The Morgan fingerprint density at radius 3 is 2.88 bits per heavy atom. The topological polar surface area (TPSA) is 96.5 Å². The molecular weight excluding hydrogens is 406 g/mol. The minimum absolute atomic E-state index is 0.155. The first kappa shape index (κ1) is 16.1. The summed E-state index contributed by atoms with van der Waals surface area (Å²) in [7, 11) is 1.57. The number of H-pyrrole nitrogens is 2. The zero-order valence-electron chi connectivity index (χ0n) is 13.0. The predicted octanol–water partition coefficient (Wildman–Crippen LogP) is 3.26. The molecule has 0 aliphatic carbocycles. The Hall–Kier alpha value is -2.39. The molecule has 1 aromatic carbocycles. The highest BCUT2D eigenvalue weighted by Gasteiger charge is 2.10. The van der Waals surface area contributed by atoms with Gasteiger partial charge < -0.3 is 14.7 Å². The highest BCUT2D eigenvalue weighted by molar-refractivity contribution is 9.10. The Bertz CT molecular complexity index is 1140. The van der Waals surface area contributed by atoms with Gasteiger partial charge in [0.15, 0.2) is 10.8 Å². The molecule has 2 N–H and O–H groups in total. The van der Waals surface area contributed by atoms with E-state index in [0.717, 1.165) is 9.99 Å². The number of fused-ring (bicyclic) bond motifs is 2. The molecule has 0 saturated heterocycles. The van der Waals surface area contributed by atoms with Gasteiger partial charge in [0.2, 0.25) is 5.88 Å². The van der Waals surface area contributed by atoms with Crippen LogP contribution in [-0.4, -0.2) is 32.0 Å². The number of halogens is 1. The molecule has 0 bridgehead atoms. The van der Waals surface area contributed by atoms with Crippen molar-refractivity contribution in [1.29, 1.82) is 0 Å². The van der Waals surface area contributed by atoms with E-state index >= 15 is 0 Å². The lowest BCUT2D eigenvalue weighted by Gasteiger charge is -2.03. The van der Waals surface area contributed by atoms with E-state index in [1.165, 1.54) is 11.8 Å². The van der Waals surface area contributed by atoms with Crippen LogP contribution in [0.2, 0.25) is 0 Å². The van der Waals surface area contributed by atoms with Gasteiger partial charge in [-0.05, 0) is 34.1 Å². The van der Waals surface area contributed by atoms with Crippen molar-refractivity contribution >= 4 is 49.8 Å². The maximum Gasteiger partial charge on any atom is 0.258 e. The molecule has 0 saturated carbocycles. The Labute approximate surface area is 154 Å². The largest absolute Gasteiger partial charge is 0.481 e. The van der Waals surface area contributed by atoms with E-state index < -0.39 is 0 Å². The van der Waals surface area contributed by atoms with Crippen LogP contribution in [0.15, 0.2) is 44.8 Å². The van der Waals surface area contributed by atoms with Gasteiger partial charge in [-0.15, -0.1) is 0 Å². The van der Waals surface area contributed by atoms with Crippen LogP contribution in [0.25, 0.3) is 22.1 Å². The summed E-state index contributed by atoms with van der Waals surface area (Å²) in [6, 6.07) is 9.07. The molecule has 0 radical (unpaired) electrons. The van der Waals surface area contributed by atoms with Crippen molar-refractivity contribution in [1.82, 2.24) is 24.9 Å². The standard InChI is InChI=1S/C16H12BrN5O2S/c1-24-12-6-5-10-14(21-12)22-16(18-10)25-7-11-19-13-8(15(23)20-11)3-2-4-9(13)17/h2-6H,7H2,1H3,(H,18,21,22)(H,19,20,23). The lowest BCUT2D eigenvalue weighted by molar-refractivity contribution is 0.399. The number of para-hydroxylation sites is 1. The first-order valence-electron chi connectivity index (χ1n) is 7.35. The number of nitrogens with zero attached hydrogens (tertiary/aromatic N) is 3. The van der Waals surface area contributed by atoms with Crippen LogP contribution in [0.1, 0.15) is 5.82 Å². The van der Waals surface area contributed by atoms with E-state index in [0.29, 0.717) is 39.2 Å². The zero-order valence-corrected chi connectivity index (χ0v) is 15.4. The highest BCUT2D eigenvalue weighted by Crippen LogP contribution is 2.24. The van der Waals surface area contributed by atoms with E-state index in [4.69, 9.17) is 4.74 Å². The minimum atomic E-state index is -0.155. The summed E-state index contributed by atoms with van der Waals surface area (Å²) >= 11 is 4.88. The van der Waals surface area contributed by atoms with Gasteiger partial charge in [-0.25, -0.2) is 9.97 Å². The molecule has 4 aromatic rings. The summed E-state index contributed by atoms with van der Waals surface area (Å²) in [6.07, 6.45) is 0. The number of pyridine rings is 1. The van der Waals surface area contributed by atoms with Crippen LogP contribution < -0.4 is 10.3 Å². The fourth-order valence-corrected chi connectivity index (χ4v) is 3.61. The van der Waals surface area contributed by atoms with Crippen molar-refractivity contribution in [2.24, 2.45) is 0 Å². The first-order chi connectivity index (χ1) is 12.1. The number of ether oxygens (including phenoxy) is 1. The summed E-state index contributed by atoms with van der Waals surface area (Å²) in [6.45, 7) is 0. The van der Waals surface area contributed by atoms with E-state index in [1.807, 2.05) is 18.2 Å². The van der Waals surface area contributed by atoms with Crippen molar-refractivity contribution in [3.05, 3.63) is 51.0 Å². The summed E-state index contributed by atoms with van der Waals surface area (Å²) in [4.78, 5) is 31.4. The molecule has 9 heteroatoms. The summed E-state index contributed by atoms with van der Waals surface area (Å²) in [5.74, 6) is 1.57. The third-order valence-corrected chi connectivity index (χ3v) is 5.11. The number of methoxy groups -OCH3 is 1. The van der Waals surface area contributed by atoms with Gasteiger partial charge in [-0.2, -0.15) is 4.98 Å². The van der Waals surface area contributed by atoms with Crippen molar-refractivity contribution in [2.75, 3.05) is 7.11 Å². The number of thioether (sulfide) groups is 1. The smallest absolute Gasteiger partial charge is 0.258 e. The molecule has 0 aliphatic heterocycles. The van der Waals surface area contributed by atoms with Gasteiger partial charge in [0.25, 0.3) is 5.56 Å². The first-order valence-corrected chi connectivity index (χ1v) is 9.13. The second-order valence-corrected chi connectivity index (χ2v) is 7.02. The Balaban J connectivity index is 1.62. The number of hydrogen-bond acceptors (Lipinski definition) is 6. The Morgan fingerprint density at radius 1 is 1.16 bits per heavy atom. The van der Waals surface area contributed by atoms with Gasteiger partial charge in [-0.3, -0.25) is 4.79 Å². The van der Waals surface area contributed by atoms with Gasteiger partial charge in [0.05, 0.1) is 29.3 Å². The van der Waals surface area contributed by atoms with E-state index in [9.17, 15) is 4.79 Å². The quantitative estimate of drug-likeness (QED) is 0.494. The van der Waals surface area contributed by atoms with Crippen LogP contribution in [0.3, 0.4) is 0 Å². The molecule has 0 spiro atoms. The van der Waals surface area contributed by atoms with Crippen molar-refractivity contribution in [3.63, 3.8) is 0 Å². The fourth-order valence-electron chi connectivity index (χ4n) is 2.41. The lowest BCUT2D eigenvalue weighted by atomic mass is 10.2. The average molecular weight is 418 g/mol. The Morgan fingerprint density at radius 2 is 2.04 bits per heavy atom. The van der Waals surface area contributed by atoms with E-state index in [2.05, 4.69) is 40.8 Å². The van der Waals surface area contributed by atoms with Crippen LogP contribution in [0, 0.1) is 0 Å². The van der Waals surface area contributed by atoms with Crippen molar-refractivity contribution < 1.29 is 4.74 Å². The number of benzene rings is 1. The van der Waals surface area contributed by atoms with E-state index in [1.54, 1.807) is 19.2 Å². The second-order valence-electron chi connectivity index (χ2n) is 5.20. The zero-order chi connectivity index (χ0) is 17.4. The normalized spacial score (nSPS) is 11.3. The molecule has 0 amide bonds. The average Bonchev–Trinajstić information content (AvgIpc) is 3.03. The number of nitrogens with one attached hydrogen (secondary N) is 2. The van der Waals surface area contributed by atoms with Gasteiger partial charge >= 0.3 is 0 Å². The molecule has 25 heavy (non-hydrogen) atoms. The number of imidazole rings is 1. The molecule has 7 nitrogen and oxygen atoms in total. The lowest BCUT2D eigenvalue weighted by Crippen LogP contribution is -2.11. The maximum atomic E-state index is 12.2. The van der Waals surface area contributed by atoms with Crippen LogP contribution in [0.4, 0.5) is 0 Å². The molecule has 3 aromatic heterocycles.